The van der Waals surface area contributed by atoms with Gasteiger partial charge in [-0.3, -0.25) is 0 Å². The van der Waals surface area contributed by atoms with Crippen molar-refractivity contribution in [3.8, 4) is 0 Å². The van der Waals surface area contributed by atoms with E-state index in [0.717, 1.165) is 29.0 Å². The van der Waals surface area contributed by atoms with Crippen molar-refractivity contribution >= 4 is 45.9 Å². The van der Waals surface area contributed by atoms with Crippen LogP contribution in [0.25, 0.3) is 10.9 Å². The van der Waals surface area contributed by atoms with E-state index in [0.29, 0.717) is 10.3 Å². The Morgan fingerprint density at radius 3 is 2.68 bits per heavy atom. The number of hydrogen-bond donors (Lipinski definition) is 2. The van der Waals surface area contributed by atoms with Gasteiger partial charge in [-0.25, -0.2) is 0 Å². The Hall–Kier alpha value is -0.350. The molecule has 2 heterocycles. The van der Waals surface area contributed by atoms with E-state index in [1.54, 1.807) is 0 Å². The molecule has 1 aromatic heterocycles. The minimum atomic E-state index is 0.672. The highest BCUT2D eigenvalue weighted by molar-refractivity contribution is 8.00. The van der Waals surface area contributed by atoms with Crippen LogP contribution in [0.3, 0.4) is 0 Å². The summed E-state index contributed by atoms with van der Waals surface area (Å²) in [5, 5.41) is 6.61. The van der Waals surface area contributed by atoms with E-state index in [-0.39, 0.29) is 0 Å². The summed E-state index contributed by atoms with van der Waals surface area (Å²) < 4.78 is 0. The fourth-order valence-electron chi connectivity index (χ4n) is 2.58. The van der Waals surface area contributed by atoms with Crippen molar-refractivity contribution in [1.29, 1.82) is 0 Å². The molecule has 1 saturated heterocycles. The second-order valence-electron chi connectivity index (χ2n) is 4.96. The zero-order chi connectivity index (χ0) is 13.4. The van der Waals surface area contributed by atoms with Crippen LogP contribution in [0, 0.1) is 6.92 Å². The van der Waals surface area contributed by atoms with Gasteiger partial charge in [0.1, 0.15) is 0 Å². The third-order valence-electron chi connectivity index (χ3n) is 3.52. The van der Waals surface area contributed by atoms with Gasteiger partial charge in [-0.2, -0.15) is 0 Å². The minimum Gasteiger partial charge on any atom is -0.358 e. The number of benzene rings is 1. The van der Waals surface area contributed by atoms with Gasteiger partial charge < -0.3 is 10.3 Å². The molecule has 3 rings (SSSR count). The summed E-state index contributed by atoms with van der Waals surface area (Å²) in [6.07, 6.45) is 2.42. The van der Waals surface area contributed by atoms with E-state index >= 15 is 0 Å². The molecule has 1 aromatic carbocycles. The Bertz CT molecular complexity index is 603. The van der Waals surface area contributed by atoms with Crippen LogP contribution in [0.15, 0.2) is 17.0 Å². The van der Waals surface area contributed by atoms with Crippen molar-refractivity contribution in [3.05, 3.63) is 27.9 Å². The van der Waals surface area contributed by atoms with Gasteiger partial charge in [-0.1, -0.05) is 23.2 Å². The van der Waals surface area contributed by atoms with E-state index in [1.807, 2.05) is 23.9 Å². The molecule has 0 aliphatic carbocycles. The molecule has 0 radical (unpaired) electrons. The lowest BCUT2D eigenvalue weighted by Gasteiger charge is -2.22. The number of fused-ring (bicyclic) bond motifs is 1. The number of nitrogens with one attached hydrogen (secondary N) is 2. The Balaban J connectivity index is 2.00. The number of aromatic amines is 1. The number of halogens is 2. The van der Waals surface area contributed by atoms with Crippen molar-refractivity contribution in [3.63, 3.8) is 0 Å². The van der Waals surface area contributed by atoms with Gasteiger partial charge >= 0.3 is 0 Å². The van der Waals surface area contributed by atoms with Crippen LogP contribution in [-0.4, -0.2) is 23.3 Å². The molecule has 0 bridgehead atoms. The molecule has 2 N–H and O–H groups in total. The normalized spacial score (nSPS) is 17.2. The zero-order valence-electron chi connectivity index (χ0n) is 10.7. The molecule has 2 aromatic rings. The second kappa shape index (κ2) is 5.57. The molecule has 19 heavy (non-hydrogen) atoms. The van der Waals surface area contributed by atoms with Crippen molar-refractivity contribution in [2.75, 3.05) is 13.1 Å². The van der Waals surface area contributed by atoms with Crippen LogP contribution in [-0.2, 0) is 0 Å². The lowest BCUT2D eigenvalue weighted by molar-refractivity contribution is 0.531. The molecular formula is C14H16Cl2N2S. The van der Waals surface area contributed by atoms with Gasteiger partial charge in [0, 0.05) is 31.8 Å². The fraction of sp³-hybridized carbons (Fsp3) is 0.429. The van der Waals surface area contributed by atoms with Gasteiger partial charge in [-0.15, -0.1) is 11.8 Å². The highest BCUT2D eigenvalue weighted by Gasteiger charge is 2.19. The Labute approximate surface area is 127 Å². The molecule has 1 aliphatic heterocycles. The molecule has 5 heteroatoms. The van der Waals surface area contributed by atoms with Crippen LogP contribution < -0.4 is 5.32 Å². The van der Waals surface area contributed by atoms with E-state index in [4.69, 9.17) is 23.2 Å². The SMILES string of the molecule is Cc1[nH]c2cc(Cl)cc(Cl)c2c1SC1CCNCC1. The summed E-state index contributed by atoms with van der Waals surface area (Å²) in [5.74, 6) is 0. The summed E-state index contributed by atoms with van der Waals surface area (Å²) >= 11 is 14.4. The molecule has 1 aliphatic rings. The summed E-state index contributed by atoms with van der Waals surface area (Å²) in [4.78, 5) is 4.67. The molecule has 0 unspecified atom stereocenters. The van der Waals surface area contributed by atoms with Crippen molar-refractivity contribution < 1.29 is 0 Å². The molecule has 0 atom stereocenters. The number of thioether (sulfide) groups is 1. The molecule has 102 valence electrons. The van der Waals surface area contributed by atoms with Gasteiger partial charge in [-0.05, 0) is 45.0 Å². The van der Waals surface area contributed by atoms with Gasteiger partial charge in [0.25, 0.3) is 0 Å². The summed E-state index contributed by atoms with van der Waals surface area (Å²) in [5.41, 5.74) is 2.22. The number of rotatable bonds is 2. The van der Waals surface area contributed by atoms with Crippen LogP contribution in [0.1, 0.15) is 18.5 Å². The zero-order valence-corrected chi connectivity index (χ0v) is 13.1. The fourth-order valence-corrected chi connectivity index (χ4v) is 4.59. The van der Waals surface area contributed by atoms with E-state index in [9.17, 15) is 0 Å². The van der Waals surface area contributed by atoms with Gasteiger partial charge in [0.05, 0.1) is 5.02 Å². The van der Waals surface area contributed by atoms with Crippen molar-refractivity contribution in [2.24, 2.45) is 0 Å². The smallest absolute Gasteiger partial charge is 0.0526 e. The Morgan fingerprint density at radius 1 is 1.21 bits per heavy atom. The van der Waals surface area contributed by atoms with Crippen LogP contribution >= 0.6 is 35.0 Å². The predicted molar refractivity (Wildman–Crippen MR) is 84.8 cm³/mol. The number of hydrogen-bond acceptors (Lipinski definition) is 2. The number of piperidine rings is 1. The molecule has 0 spiro atoms. The molecule has 2 nitrogen and oxygen atoms in total. The maximum atomic E-state index is 6.37. The summed E-state index contributed by atoms with van der Waals surface area (Å²) in [7, 11) is 0. The van der Waals surface area contributed by atoms with Crippen molar-refractivity contribution in [1.82, 2.24) is 10.3 Å². The number of aromatic nitrogens is 1. The molecular weight excluding hydrogens is 299 g/mol. The molecule has 0 saturated carbocycles. The monoisotopic (exact) mass is 314 g/mol. The molecule has 0 amide bonds. The third-order valence-corrected chi connectivity index (χ3v) is 5.58. The number of H-pyrrole nitrogens is 1. The maximum absolute atomic E-state index is 6.37. The van der Waals surface area contributed by atoms with Gasteiger partial charge in [0.2, 0.25) is 0 Å². The van der Waals surface area contributed by atoms with Crippen LogP contribution in [0.2, 0.25) is 10.0 Å². The third kappa shape index (κ3) is 2.75. The van der Waals surface area contributed by atoms with E-state index in [1.165, 1.54) is 23.4 Å². The van der Waals surface area contributed by atoms with Crippen LogP contribution in [0.5, 0.6) is 0 Å². The Kier molecular flexibility index (Phi) is 3.99. The maximum Gasteiger partial charge on any atom is 0.0526 e. The number of aryl methyl sites for hydroxylation is 1. The predicted octanol–water partition coefficient (Wildman–Crippen LogP) is 4.63. The first kappa shape index (κ1) is 13.6. The quantitative estimate of drug-likeness (QED) is 0.846. The standard InChI is InChI=1S/C14H16Cl2N2S/c1-8-14(19-10-2-4-17-5-3-10)13-11(16)6-9(15)7-12(13)18-8/h6-7,10,17-18H,2-5H2,1H3. The average Bonchev–Trinajstić information content (AvgIpc) is 2.67. The van der Waals surface area contributed by atoms with Crippen LogP contribution in [0.4, 0.5) is 0 Å². The largest absolute Gasteiger partial charge is 0.358 e. The van der Waals surface area contributed by atoms with Gasteiger partial charge in [0.15, 0.2) is 0 Å². The van der Waals surface area contributed by atoms with Crippen molar-refractivity contribution in [2.45, 2.75) is 29.9 Å². The summed E-state index contributed by atoms with van der Waals surface area (Å²) in [6.45, 7) is 4.32. The minimum absolute atomic E-state index is 0.672. The lowest BCUT2D eigenvalue weighted by Crippen LogP contribution is -2.29. The lowest BCUT2D eigenvalue weighted by atomic mass is 10.2. The Morgan fingerprint density at radius 2 is 1.95 bits per heavy atom. The first-order valence-electron chi connectivity index (χ1n) is 6.50. The first-order valence-corrected chi connectivity index (χ1v) is 8.13. The highest BCUT2D eigenvalue weighted by atomic mass is 35.5. The second-order valence-corrected chi connectivity index (χ2v) is 7.11. The molecule has 1 fully saturated rings. The van der Waals surface area contributed by atoms with E-state index < -0.39 is 0 Å². The first-order chi connectivity index (χ1) is 9.15. The summed E-state index contributed by atoms with van der Waals surface area (Å²) in [6, 6.07) is 3.77. The average molecular weight is 315 g/mol. The highest BCUT2D eigenvalue weighted by Crippen LogP contribution is 2.40. The topological polar surface area (TPSA) is 27.8 Å². The van der Waals surface area contributed by atoms with E-state index in [2.05, 4.69) is 17.2 Å².